The molecule has 0 aliphatic heterocycles. The molecule has 17 heavy (non-hydrogen) atoms. The first-order chi connectivity index (χ1) is 7.97. The molecule has 1 aromatic rings. The predicted octanol–water partition coefficient (Wildman–Crippen LogP) is 1.89. The number of hydrogen-bond acceptors (Lipinski definition) is 5. The molecule has 2 rings (SSSR count). The van der Waals surface area contributed by atoms with E-state index in [-0.39, 0.29) is 4.75 Å². The number of sulfonamides is 1. The molecule has 1 aliphatic carbocycles. The maximum absolute atomic E-state index is 12.0. The van der Waals surface area contributed by atoms with E-state index in [2.05, 4.69) is 4.72 Å². The molecule has 0 spiro atoms. The molecule has 0 aromatic carbocycles. The Morgan fingerprint density at radius 1 is 1.59 bits per heavy atom. The standard InChI is InChI=1S/C10H16N2O2S3/c1-15-10(3-2-4-10)7-12-17(13,14)9-5-8(11)6-16-9/h5-6,12H,2-4,7,11H2,1H3. The minimum absolute atomic E-state index is 0.107. The zero-order chi connectivity index (χ0) is 12.5. The number of nitrogens with two attached hydrogens (primary N) is 1. The van der Waals surface area contributed by atoms with Crippen LogP contribution in [0.1, 0.15) is 19.3 Å². The van der Waals surface area contributed by atoms with Crippen molar-refractivity contribution in [3.05, 3.63) is 11.4 Å². The minimum atomic E-state index is -3.38. The fourth-order valence-corrected chi connectivity index (χ4v) is 5.05. The van der Waals surface area contributed by atoms with Gasteiger partial charge in [-0.25, -0.2) is 13.1 Å². The molecule has 96 valence electrons. The number of anilines is 1. The minimum Gasteiger partial charge on any atom is -0.398 e. The Hall–Kier alpha value is -0.240. The normalized spacial score (nSPS) is 18.9. The van der Waals surface area contributed by atoms with Crippen molar-refractivity contribution in [3.8, 4) is 0 Å². The average Bonchev–Trinajstić information content (AvgIpc) is 2.64. The Morgan fingerprint density at radius 3 is 2.71 bits per heavy atom. The summed E-state index contributed by atoms with van der Waals surface area (Å²) in [6, 6.07) is 1.50. The van der Waals surface area contributed by atoms with Crippen molar-refractivity contribution in [3.63, 3.8) is 0 Å². The van der Waals surface area contributed by atoms with Gasteiger partial charge in [0.15, 0.2) is 0 Å². The van der Waals surface area contributed by atoms with Gasteiger partial charge in [0.05, 0.1) is 0 Å². The van der Waals surface area contributed by atoms with Crippen molar-refractivity contribution < 1.29 is 8.42 Å². The Morgan fingerprint density at radius 2 is 2.29 bits per heavy atom. The predicted molar refractivity (Wildman–Crippen MR) is 74.0 cm³/mol. The summed E-state index contributed by atoms with van der Waals surface area (Å²) in [6.45, 7) is 0.508. The van der Waals surface area contributed by atoms with Crippen molar-refractivity contribution in [2.45, 2.75) is 28.2 Å². The third kappa shape index (κ3) is 2.78. The molecular weight excluding hydrogens is 276 g/mol. The summed E-state index contributed by atoms with van der Waals surface area (Å²) in [5.74, 6) is 0. The number of thiophene rings is 1. The van der Waals surface area contributed by atoms with Crippen LogP contribution >= 0.6 is 23.1 Å². The van der Waals surface area contributed by atoms with Crippen LogP contribution in [-0.2, 0) is 10.0 Å². The van der Waals surface area contributed by atoms with Gasteiger partial charge in [-0.3, -0.25) is 0 Å². The third-order valence-electron chi connectivity index (χ3n) is 3.14. The van der Waals surface area contributed by atoms with Crippen LogP contribution in [0.5, 0.6) is 0 Å². The van der Waals surface area contributed by atoms with E-state index in [1.807, 2.05) is 6.26 Å². The molecule has 0 radical (unpaired) electrons. The van der Waals surface area contributed by atoms with Gasteiger partial charge in [0, 0.05) is 22.4 Å². The number of hydrogen-bond donors (Lipinski definition) is 2. The zero-order valence-corrected chi connectivity index (χ0v) is 12.1. The largest absolute Gasteiger partial charge is 0.398 e. The zero-order valence-electron chi connectivity index (χ0n) is 9.60. The van der Waals surface area contributed by atoms with Gasteiger partial charge in [-0.05, 0) is 25.2 Å². The molecule has 0 atom stereocenters. The van der Waals surface area contributed by atoms with E-state index in [9.17, 15) is 8.42 Å². The number of nitrogen functional groups attached to an aromatic ring is 1. The third-order valence-corrected chi connectivity index (χ3v) is 7.42. The molecule has 0 unspecified atom stereocenters. The average molecular weight is 292 g/mol. The highest BCUT2D eigenvalue weighted by Crippen LogP contribution is 2.42. The number of rotatable bonds is 5. The maximum atomic E-state index is 12.0. The van der Waals surface area contributed by atoms with Crippen LogP contribution < -0.4 is 10.5 Å². The molecule has 1 fully saturated rings. The Balaban J connectivity index is 2.03. The lowest BCUT2D eigenvalue weighted by Crippen LogP contribution is -2.45. The van der Waals surface area contributed by atoms with E-state index in [4.69, 9.17) is 5.73 Å². The SMILES string of the molecule is CSC1(CNS(=O)(=O)c2cc(N)cs2)CCC1. The second-order valence-electron chi connectivity index (χ2n) is 4.26. The quantitative estimate of drug-likeness (QED) is 0.869. The van der Waals surface area contributed by atoms with Crippen molar-refractivity contribution in [1.82, 2.24) is 4.72 Å². The summed E-state index contributed by atoms with van der Waals surface area (Å²) >= 11 is 2.91. The lowest BCUT2D eigenvalue weighted by Gasteiger charge is -2.40. The highest BCUT2D eigenvalue weighted by atomic mass is 32.2. The molecule has 1 heterocycles. The molecule has 7 heteroatoms. The summed E-state index contributed by atoms with van der Waals surface area (Å²) in [4.78, 5) is 0. The molecule has 1 aliphatic rings. The van der Waals surface area contributed by atoms with Crippen LogP contribution in [0.3, 0.4) is 0 Å². The molecule has 4 nitrogen and oxygen atoms in total. The van der Waals surface area contributed by atoms with Gasteiger partial charge >= 0.3 is 0 Å². The second kappa shape index (κ2) is 4.79. The van der Waals surface area contributed by atoms with Crippen LogP contribution in [0.15, 0.2) is 15.7 Å². The summed E-state index contributed by atoms with van der Waals surface area (Å²) in [7, 11) is -3.38. The first-order valence-electron chi connectivity index (χ1n) is 5.36. The van der Waals surface area contributed by atoms with E-state index in [1.54, 1.807) is 17.1 Å². The van der Waals surface area contributed by atoms with Gasteiger partial charge in [-0.1, -0.05) is 6.42 Å². The Kier molecular flexibility index (Phi) is 3.72. The van der Waals surface area contributed by atoms with Crippen LogP contribution in [0.2, 0.25) is 0 Å². The fraction of sp³-hybridized carbons (Fsp3) is 0.600. The topological polar surface area (TPSA) is 72.2 Å². The summed E-state index contributed by atoms with van der Waals surface area (Å²) in [6.07, 6.45) is 5.40. The number of thioether (sulfide) groups is 1. The van der Waals surface area contributed by atoms with E-state index in [1.165, 1.54) is 12.5 Å². The fourth-order valence-electron chi connectivity index (χ4n) is 1.79. The van der Waals surface area contributed by atoms with Crippen molar-refractivity contribution >= 4 is 38.8 Å². The lowest BCUT2D eigenvalue weighted by molar-refractivity contribution is 0.362. The highest BCUT2D eigenvalue weighted by molar-refractivity contribution is 8.00. The van der Waals surface area contributed by atoms with E-state index < -0.39 is 10.0 Å². The van der Waals surface area contributed by atoms with Crippen LogP contribution in [-0.4, -0.2) is 26.0 Å². The van der Waals surface area contributed by atoms with Crippen LogP contribution in [0, 0.1) is 0 Å². The first kappa shape index (κ1) is 13.2. The molecule has 0 bridgehead atoms. The molecule has 1 aromatic heterocycles. The summed E-state index contributed by atoms with van der Waals surface area (Å²) < 4.78 is 27.1. The lowest BCUT2D eigenvalue weighted by atomic mass is 9.84. The Labute approximate surface area is 110 Å². The van der Waals surface area contributed by atoms with Gasteiger partial charge in [0.1, 0.15) is 4.21 Å². The maximum Gasteiger partial charge on any atom is 0.250 e. The van der Waals surface area contributed by atoms with E-state index >= 15 is 0 Å². The molecule has 0 saturated heterocycles. The highest BCUT2D eigenvalue weighted by Gasteiger charge is 2.37. The molecule has 3 N–H and O–H groups in total. The van der Waals surface area contributed by atoms with Crippen LogP contribution in [0.25, 0.3) is 0 Å². The first-order valence-corrected chi connectivity index (χ1v) is 8.95. The Bertz CT molecular complexity index is 486. The van der Waals surface area contributed by atoms with Gasteiger partial charge < -0.3 is 5.73 Å². The smallest absolute Gasteiger partial charge is 0.250 e. The van der Waals surface area contributed by atoms with Gasteiger partial charge in [-0.2, -0.15) is 11.8 Å². The summed E-state index contributed by atoms with van der Waals surface area (Å²) in [5, 5.41) is 1.64. The van der Waals surface area contributed by atoms with Crippen molar-refractivity contribution in [2.75, 3.05) is 18.5 Å². The van der Waals surface area contributed by atoms with Gasteiger partial charge in [0.25, 0.3) is 0 Å². The molecule has 1 saturated carbocycles. The molecule has 0 amide bonds. The van der Waals surface area contributed by atoms with Crippen molar-refractivity contribution in [1.29, 1.82) is 0 Å². The number of nitrogens with one attached hydrogen (secondary N) is 1. The van der Waals surface area contributed by atoms with Crippen LogP contribution in [0.4, 0.5) is 5.69 Å². The van der Waals surface area contributed by atoms with Gasteiger partial charge in [-0.15, -0.1) is 11.3 Å². The van der Waals surface area contributed by atoms with Crippen molar-refractivity contribution in [2.24, 2.45) is 0 Å². The van der Waals surface area contributed by atoms with E-state index in [0.717, 1.165) is 24.2 Å². The monoisotopic (exact) mass is 292 g/mol. The summed E-state index contributed by atoms with van der Waals surface area (Å²) in [5.41, 5.74) is 6.03. The molecular formula is C10H16N2O2S3. The van der Waals surface area contributed by atoms with E-state index in [0.29, 0.717) is 16.4 Å². The van der Waals surface area contributed by atoms with Gasteiger partial charge in [0.2, 0.25) is 10.0 Å². The second-order valence-corrected chi connectivity index (χ2v) is 8.44.